The maximum Gasteiger partial charge on any atom is 0.138 e. The van der Waals surface area contributed by atoms with Crippen molar-refractivity contribution in [2.24, 2.45) is 0 Å². The molecule has 2 heterocycles. The molecule has 0 aliphatic heterocycles. The van der Waals surface area contributed by atoms with E-state index in [1.54, 1.807) is 24.5 Å². The van der Waals surface area contributed by atoms with E-state index in [0.29, 0.717) is 26.2 Å². The summed E-state index contributed by atoms with van der Waals surface area (Å²) in [6.07, 6.45) is 3.54. The summed E-state index contributed by atoms with van der Waals surface area (Å²) >= 11 is 0. The van der Waals surface area contributed by atoms with E-state index in [2.05, 4.69) is 19.8 Å². The summed E-state index contributed by atoms with van der Waals surface area (Å²) in [5, 5.41) is 21.0. The number of phenolic OH excluding ortho intramolecular Hbond substituents is 2. The third kappa shape index (κ3) is 5.35. The van der Waals surface area contributed by atoms with Gasteiger partial charge in [0.15, 0.2) is 0 Å². The minimum atomic E-state index is 0.224. The number of pyridine rings is 2. The van der Waals surface area contributed by atoms with Crippen LogP contribution in [-0.4, -0.2) is 33.3 Å². The molecule has 2 aromatic carbocycles. The summed E-state index contributed by atoms with van der Waals surface area (Å²) in [5.74, 6) is 0.449. The second-order valence-corrected chi connectivity index (χ2v) is 7.46. The molecule has 0 atom stereocenters. The van der Waals surface area contributed by atoms with E-state index in [4.69, 9.17) is 0 Å². The van der Waals surface area contributed by atoms with E-state index in [9.17, 15) is 10.2 Å². The van der Waals surface area contributed by atoms with Gasteiger partial charge in [-0.2, -0.15) is 0 Å². The Balaban J connectivity index is 1.60. The molecule has 0 spiro atoms. The van der Waals surface area contributed by atoms with Gasteiger partial charge in [0, 0.05) is 25.5 Å². The first-order valence-corrected chi connectivity index (χ1v) is 10.6. The zero-order valence-corrected chi connectivity index (χ0v) is 17.7. The Bertz CT molecular complexity index is 1030. The van der Waals surface area contributed by atoms with Crippen LogP contribution in [0.1, 0.15) is 11.4 Å². The Labute approximate surface area is 188 Å². The normalized spacial score (nSPS) is 10.6. The molecule has 0 radical (unpaired) electrons. The molecular weight excluding hydrogens is 400 g/mol. The Morgan fingerprint density at radius 3 is 1.31 bits per heavy atom. The first-order valence-electron chi connectivity index (χ1n) is 10.6. The molecule has 2 N–H and O–H groups in total. The largest absolute Gasteiger partial charge is 0.506 e. The van der Waals surface area contributed by atoms with Crippen LogP contribution in [0.2, 0.25) is 0 Å². The molecule has 0 bridgehead atoms. The van der Waals surface area contributed by atoms with Gasteiger partial charge in [-0.1, -0.05) is 36.4 Å². The molecule has 6 heteroatoms. The van der Waals surface area contributed by atoms with Gasteiger partial charge in [0.25, 0.3) is 0 Å². The number of rotatable bonds is 9. The molecular formula is C26H26N4O2. The lowest BCUT2D eigenvalue weighted by Gasteiger charge is -2.31. The van der Waals surface area contributed by atoms with Crippen LogP contribution in [0.5, 0.6) is 11.5 Å². The van der Waals surface area contributed by atoms with Crippen molar-refractivity contribution in [1.82, 2.24) is 9.97 Å². The minimum Gasteiger partial charge on any atom is -0.506 e. The van der Waals surface area contributed by atoms with Crippen molar-refractivity contribution < 1.29 is 10.2 Å². The summed E-state index contributed by atoms with van der Waals surface area (Å²) < 4.78 is 0. The number of aromatic hydroxyl groups is 2. The molecule has 162 valence electrons. The van der Waals surface area contributed by atoms with E-state index in [1.807, 2.05) is 72.8 Å². The predicted octanol–water partition coefficient (Wildman–Crippen LogP) is 4.60. The first kappa shape index (κ1) is 21.2. The van der Waals surface area contributed by atoms with Crippen LogP contribution in [0, 0.1) is 0 Å². The summed E-state index contributed by atoms with van der Waals surface area (Å²) in [5.41, 5.74) is 3.31. The average molecular weight is 427 g/mol. The third-order valence-electron chi connectivity index (χ3n) is 5.24. The van der Waals surface area contributed by atoms with Crippen LogP contribution in [0.25, 0.3) is 0 Å². The van der Waals surface area contributed by atoms with Crippen molar-refractivity contribution in [3.63, 3.8) is 0 Å². The predicted molar refractivity (Wildman–Crippen MR) is 127 cm³/mol. The molecule has 0 amide bonds. The molecule has 0 aliphatic carbocycles. The van der Waals surface area contributed by atoms with Crippen LogP contribution in [0.4, 0.5) is 11.4 Å². The second-order valence-electron chi connectivity index (χ2n) is 7.46. The van der Waals surface area contributed by atoms with E-state index in [-0.39, 0.29) is 11.5 Å². The van der Waals surface area contributed by atoms with Crippen molar-refractivity contribution in [2.75, 3.05) is 22.9 Å². The second kappa shape index (κ2) is 10.3. The van der Waals surface area contributed by atoms with E-state index in [1.165, 1.54) is 0 Å². The van der Waals surface area contributed by atoms with Crippen molar-refractivity contribution in [1.29, 1.82) is 0 Å². The standard InChI is InChI=1S/C26H26N4O2/c31-25-13-3-1-11-23(25)29(19-21-9-5-7-15-27-21)17-18-30(20-22-10-6-8-16-28-22)24-12-2-4-14-26(24)32/h1-16,31-32H,17-20H2. The number of hydrogen-bond donors (Lipinski definition) is 2. The van der Waals surface area contributed by atoms with Crippen LogP contribution >= 0.6 is 0 Å². The fourth-order valence-corrected chi connectivity index (χ4v) is 3.65. The molecule has 0 aliphatic rings. The molecule has 4 aromatic rings. The first-order chi connectivity index (χ1) is 15.7. The average Bonchev–Trinajstić information content (AvgIpc) is 2.83. The maximum absolute atomic E-state index is 10.5. The van der Waals surface area contributed by atoms with E-state index in [0.717, 1.165) is 22.8 Å². The Hall–Kier alpha value is -4.06. The summed E-state index contributed by atoms with van der Waals surface area (Å²) in [4.78, 5) is 13.1. The summed E-state index contributed by atoms with van der Waals surface area (Å²) in [6.45, 7) is 2.32. The van der Waals surface area contributed by atoms with Crippen molar-refractivity contribution in [3.05, 3.63) is 109 Å². The zero-order chi connectivity index (χ0) is 22.2. The van der Waals surface area contributed by atoms with Gasteiger partial charge < -0.3 is 20.0 Å². The molecule has 0 saturated carbocycles. The van der Waals surface area contributed by atoms with Crippen molar-refractivity contribution in [3.8, 4) is 11.5 Å². The van der Waals surface area contributed by atoms with Crippen LogP contribution in [0.15, 0.2) is 97.3 Å². The zero-order valence-electron chi connectivity index (χ0n) is 17.7. The number of anilines is 2. The lowest BCUT2D eigenvalue weighted by atomic mass is 10.2. The van der Waals surface area contributed by atoms with Crippen LogP contribution in [-0.2, 0) is 13.1 Å². The Kier molecular flexibility index (Phi) is 6.82. The number of phenols is 2. The van der Waals surface area contributed by atoms with Crippen LogP contribution in [0.3, 0.4) is 0 Å². The Morgan fingerprint density at radius 2 is 0.938 bits per heavy atom. The number of benzene rings is 2. The van der Waals surface area contributed by atoms with E-state index >= 15 is 0 Å². The molecule has 0 unspecified atom stereocenters. The lowest BCUT2D eigenvalue weighted by molar-refractivity contribution is 0.470. The molecule has 0 fully saturated rings. The van der Waals surface area contributed by atoms with Crippen molar-refractivity contribution in [2.45, 2.75) is 13.1 Å². The number of nitrogens with zero attached hydrogens (tertiary/aromatic N) is 4. The monoisotopic (exact) mass is 426 g/mol. The molecule has 6 nitrogen and oxygen atoms in total. The summed E-state index contributed by atoms with van der Waals surface area (Å²) in [6, 6.07) is 26.3. The van der Waals surface area contributed by atoms with Gasteiger partial charge in [-0.3, -0.25) is 9.97 Å². The highest BCUT2D eigenvalue weighted by Gasteiger charge is 2.17. The smallest absolute Gasteiger partial charge is 0.138 e. The highest BCUT2D eigenvalue weighted by Crippen LogP contribution is 2.30. The van der Waals surface area contributed by atoms with Gasteiger partial charge in [0.1, 0.15) is 11.5 Å². The summed E-state index contributed by atoms with van der Waals surface area (Å²) in [7, 11) is 0. The fraction of sp³-hybridized carbons (Fsp3) is 0.154. The van der Waals surface area contributed by atoms with Gasteiger partial charge in [-0.25, -0.2) is 0 Å². The SMILES string of the molecule is Oc1ccccc1N(CCN(Cc1ccccn1)c1ccccc1O)Cc1ccccn1. The number of aromatic nitrogens is 2. The van der Waals surface area contributed by atoms with Gasteiger partial charge in [-0.05, 0) is 48.5 Å². The molecule has 32 heavy (non-hydrogen) atoms. The highest BCUT2D eigenvalue weighted by atomic mass is 16.3. The van der Waals surface area contributed by atoms with Crippen LogP contribution < -0.4 is 9.80 Å². The molecule has 2 aromatic heterocycles. The van der Waals surface area contributed by atoms with Gasteiger partial charge >= 0.3 is 0 Å². The fourth-order valence-electron chi connectivity index (χ4n) is 3.65. The van der Waals surface area contributed by atoms with Gasteiger partial charge in [0.2, 0.25) is 0 Å². The number of hydrogen-bond acceptors (Lipinski definition) is 6. The topological polar surface area (TPSA) is 72.7 Å². The quantitative estimate of drug-likeness (QED) is 0.408. The van der Waals surface area contributed by atoms with Gasteiger partial charge in [-0.15, -0.1) is 0 Å². The maximum atomic E-state index is 10.5. The number of para-hydroxylation sites is 4. The highest BCUT2D eigenvalue weighted by molar-refractivity contribution is 5.60. The third-order valence-corrected chi connectivity index (χ3v) is 5.24. The molecule has 4 rings (SSSR count). The lowest BCUT2D eigenvalue weighted by Crippen LogP contribution is -2.35. The minimum absolute atomic E-state index is 0.224. The van der Waals surface area contributed by atoms with Gasteiger partial charge in [0.05, 0.1) is 35.9 Å². The molecule has 0 saturated heterocycles. The van der Waals surface area contributed by atoms with Crippen molar-refractivity contribution >= 4 is 11.4 Å². The van der Waals surface area contributed by atoms with E-state index < -0.39 is 0 Å². The Morgan fingerprint density at radius 1 is 0.531 bits per heavy atom.